The van der Waals surface area contributed by atoms with Gasteiger partial charge in [-0.3, -0.25) is 0 Å². The fraction of sp³-hybridized carbons (Fsp3) is 0.600. The van der Waals surface area contributed by atoms with Crippen LogP contribution in [0.25, 0.3) is 0 Å². The Kier molecular flexibility index (Phi) is 5.38. The van der Waals surface area contributed by atoms with Gasteiger partial charge in [-0.1, -0.05) is 25.0 Å². The summed E-state index contributed by atoms with van der Waals surface area (Å²) in [4.78, 5) is 1.24. The van der Waals surface area contributed by atoms with Crippen molar-refractivity contribution < 1.29 is 8.42 Å². The van der Waals surface area contributed by atoms with Gasteiger partial charge >= 0.3 is 0 Å². The van der Waals surface area contributed by atoms with Crippen molar-refractivity contribution in [3.05, 3.63) is 24.3 Å². The van der Waals surface area contributed by atoms with E-state index in [0.29, 0.717) is 5.25 Å². The Morgan fingerprint density at radius 1 is 1.30 bits per heavy atom. The second kappa shape index (κ2) is 6.85. The summed E-state index contributed by atoms with van der Waals surface area (Å²) in [5.41, 5.74) is 1.06. The lowest BCUT2D eigenvalue weighted by atomic mass is 10.3. The molecule has 0 bridgehead atoms. The van der Waals surface area contributed by atoms with E-state index < -0.39 is 9.84 Å². The van der Waals surface area contributed by atoms with E-state index in [0.717, 1.165) is 5.69 Å². The molecule has 0 aliphatic heterocycles. The standard InChI is InChI=1S/C15H23NO2S2/c1-12(11-20(2,17)18)16-14-9-5-6-10-15(14)19-13-7-3-4-8-13/h5-6,9-10,12-13,16H,3-4,7-8,11H2,1-2H3. The summed E-state index contributed by atoms with van der Waals surface area (Å²) < 4.78 is 22.7. The molecule has 0 spiro atoms. The Bertz CT molecular complexity index is 537. The van der Waals surface area contributed by atoms with Crippen LogP contribution in [-0.4, -0.2) is 31.7 Å². The number of rotatable bonds is 6. The van der Waals surface area contributed by atoms with E-state index in [1.165, 1.54) is 36.8 Å². The highest BCUT2D eigenvalue weighted by Gasteiger charge is 2.18. The molecule has 0 aromatic heterocycles. The number of sulfone groups is 1. The highest BCUT2D eigenvalue weighted by atomic mass is 32.2. The molecule has 20 heavy (non-hydrogen) atoms. The molecule has 0 heterocycles. The van der Waals surface area contributed by atoms with Crippen LogP contribution in [0.3, 0.4) is 0 Å². The number of benzene rings is 1. The second-order valence-electron chi connectivity index (χ2n) is 5.66. The molecule has 1 fully saturated rings. The summed E-state index contributed by atoms with van der Waals surface area (Å²) >= 11 is 1.93. The Hall–Kier alpha value is -0.680. The van der Waals surface area contributed by atoms with E-state index in [1.807, 2.05) is 36.9 Å². The van der Waals surface area contributed by atoms with Crippen LogP contribution in [0.1, 0.15) is 32.6 Å². The Morgan fingerprint density at radius 3 is 2.60 bits per heavy atom. The molecule has 2 rings (SSSR count). The lowest BCUT2D eigenvalue weighted by Crippen LogP contribution is -2.25. The maximum absolute atomic E-state index is 11.4. The smallest absolute Gasteiger partial charge is 0.149 e. The number of anilines is 1. The van der Waals surface area contributed by atoms with Crippen molar-refractivity contribution in [1.82, 2.24) is 0 Å². The molecular formula is C15H23NO2S2. The van der Waals surface area contributed by atoms with E-state index in [4.69, 9.17) is 0 Å². The van der Waals surface area contributed by atoms with Crippen LogP contribution in [-0.2, 0) is 9.84 Å². The lowest BCUT2D eigenvalue weighted by molar-refractivity contribution is 0.598. The van der Waals surface area contributed by atoms with Crippen molar-refractivity contribution in [2.75, 3.05) is 17.3 Å². The van der Waals surface area contributed by atoms with Crippen molar-refractivity contribution in [1.29, 1.82) is 0 Å². The first-order chi connectivity index (χ1) is 9.44. The number of hydrogen-bond donors (Lipinski definition) is 1. The quantitative estimate of drug-likeness (QED) is 0.872. The number of para-hydroxylation sites is 1. The SMILES string of the molecule is CC(CS(C)(=O)=O)Nc1ccccc1SC1CCCC1. The zero-order valence-electron chi connectivity index (χ0n) is 12.1. The van der Waals surface area contributed by atoms with Gasteiger partial charge in [0.1, 0.15) is 9.84 Å². The fourth-order valence-corrected chi connectivity index (χ4v) is 4.97. The van der Waals surface area contributed by atoms with Crippen LogP contribution < -0.4 is 5.32 Å². The number of nitrogens with one attached hydrogen (secondary N) is 1. The summed E-state index contributed by atoms with van der Waals surface area (Å²) in [7, 11) is -2.95. The molecule has 1 saturated carbocycles. The summed E-state index contributed by atoms with van der Waals surface area (Å²) in [6, 6.07) is 8.13. The zero-order valence-corrected chi connectivity index (χ0v) is 13.8. The molecular weight excluding hydrogens is 290 g/mol. The molecule has 3 nitrogen and oxygen atoms in total. The van der Waals surface area contributed by atoms with E-state index in [-0.39, 0.29) is 11.8 Å². The van der Waals surface area contributed by atoms with Gasteiger partial charge in [-0.05, 0) is 31.9 Å². The van der Waals surface area contributed by atoms with Gasteiger partial charge in [0.15, 0.2) is 0 Å². The first-order valence-corrected chi connectivity index (χ1v) is 10.1. The fourth-order valence-electron chi connectivity index (χ4n) is 2.64. The van der Waals surface area contributed by atoms with Crippen LogP contribution >= 0.6 is 11.8 Å². The van der Waals surface area contributed by atoms with Crippen LogP contribution in [0.4, 0.5) is 5.69 Å². The van der Waals surface area contributed by atoms with Gasteiger partial charge in [0.25, 0.3) is 0 Å². The predicted molar refractivity (Wildman–Crippen MR) is 87.4 cm³/mol. The Morgan fingerprint density at radius 2 is 1.95 bits per heavy atom. The Balaban J connectivity index is 2.03. The zero-order chi connectivity index (χ0) is 14.6. The summed E-state index contributed by atoms with van der Waals surface area (Å²) in [5, 5.41) is 4.05. The monoisotopic (exact) mass is 313 g/mol. The second-order valence-corrected chi connectivity index (χ2v) is 9.19. The molecule has 112 valence electrons. The van der Waals surface area contributed by atoms with Gasteiger partial charge in [0.2, 0.25) is 0 Å². The highest BCUT2D eigenvalue weighted by molar-refractivity contribution is 8.00. The third-order valence-corrected chi connectivity index (χ3v) is 5.96. The summed E-state index contributed by atoms with van der Waals surface area (Å²) in [6.45, 7) is 1.91. The molecule has 1 aliphatic carbocycles. The van der Waals surface area contributed by atoms with Crippen molar-refractivity contribution in [3.63, 3.8) is 0 Å². The summed E-state index contributed by atoms with van der Waals surface area (Å²) in [5.74, 6) is 0.162. The van der Waals surface area contributed by atoms with Crippen molar-refractivity contribution in [2.45, 2.75) is 48.8 Å². The number of thioether (sulfide) groups is 1. The number of hydrogen-bond acceptors (Lipinski definition) is 4. The Labute approximate surface area is 126 Å². The van der Waals surface area contributed by atoms with Crippen molar-refractivity contribution >= 4 is 27.3 Å². The van der Waals surface area contributed by atoms with Gasteiger partial charge in [-0.15, -0.1) is 11.8 Å². The minimum absolute atomic E-state index is 0.0738. The largest absolute Gasteiger partial charge is 0.381 e. The molecule has 0 amide bonds. The van der Waals surface area contributed by atoms with Crippen molar-refractivity contribution in [2.24, 2.45) is 0 Å². The molecule has 0 radical (unpaired) electrons. The maximum atomic E-state index is 11.4. The predicted octanol–water partition coefficient (Wildman–Crippen LogP) is 3.57. The first kappa shape index (κ1) is 15.7. The van der Waals surface area contributed by atoms with E-state index in [2.05, 4.69) is 11.4 Å². The van der Waals surface area contributed by atoms with Gasteiger partial charge < -0.3 is 5.32 Å². The van der Waals surface area contributed by atoms with Gasteiger partial charge in [-0.25, -0.2) is 8.42 Å². The molecule has 5 heteroatoms. The van der Waals surface area contributed by atoms with Crippen LogP contribution in [0, 0.1) is 0 Å². The molecule has 0 saturated heterocycles. The molecule has 1 aliphatic rings. The normalized spacial score (nSPS) is 18.1. The minimum Gasteiger partial charge on any atom is -0.381 e. The van der Waals surface area contributed by atoms with E-state index in [1.54, 1.807) is 0 Å². The molecule has 1 N–H and O–H groups in total. The third-order valence-electron chi connectivity index (χ3n) is 3.44. The molecule has 1 aromatic rings. The summed E-state index contributed by atoms with van der Waals surface area (Å²) in [6.07, 6.45) is 6.52. The van der Waals surface area contributed by atoms with E-state index in [9.17, 15) is 8.42 Å². The molecule has 1 aromatic carbocycles. The van der Waals surface area contributed by atoms with Crippen LogP contribution in [0.15, 0.2) is 29.2 Å². The average molecular weight is 313 g/mol. The third kappa shape index (κ3) is 5.02. The van der Waals surface area contributed by atoms with Gasteiger partial charge in [0.05, 0.1) is 5.75 Å². The maximum Gasteiger partial charge on any atom is 0.149 e. The molecule has 1 atom stereocenters. The van der Waals surface area contributed by atoms with E-state index >= 15 is 0 Å². The van der Waals surface area contributed by atoms with Crippen LogP contribution in [0.5, 0.6) is 0 Å². The average Bonchev–Trinajstić information content (AvgIpc) is 2.82. The van der Waals surface area contributed by atoms with Crippen LogP contribution in [0.2, 0.25) is 0 Å². The first-order valence-electron chi connectivity index (χ1n) is 7.14. The topological polar surface area (TPSA) is 46.2 Å². The lowest BCUT2D eigenvalue weighted by Gasteiger charge is -2.18. The van der Waals surface area contributed by atoms with Gasteiger partial charge in [-0.2, -0.15) is 0 Å². The highest BCUT2D eigenvalue weighted by Crippen LogP contribution is 2.38. The minimum atomic E-state index is -2.95. The van der Waals surface area contributed by atoms with Gasteiger partial charge in [0, 0.05) is 28.1 Å². The molecule has 1 unspecified atom stereocenters. The van der Waals surface area contributed by atoms with Crippen molar-refractivity contribution in [3.8, 4) is 0 Å².